The summed E-state index contributed by atoms with van der Waals surface area (Å²) in [6.07, 6.45) is 0. The molecule has 0 unspecified atom stereocenters. The second kappa shape index (κ2) is 4.37. The van der Waals surface area contributed by atoms with E-state index in [1.54, 1.807) is 6.07 Å². The highest BCUT2D eigenvalue weighted by molar-refractivity contribution is 7.21. The van der Waals surface area contributed by atoms with Crippen LogP contribution in [0.3, 0.4) is 0 Å². The van der Waals surface area contributed by atoms with E-state index in [-0.39, 0.29) is 10.8 Å². The third-order valence-electron chi connectivity index (χ3n) is 2.96. The largest absolute Gasteiger partial charge is 0.506 e. The summed E-state index contributed by atoms with van der Waals surface area (Å²) in [6.45, 7) is 7.67. The molecule has 0 bridgehead atoms. The van der Waals surface area contributed by atoms with Gasteiger partial charge in [0.05, 0.1) is 20.8 Å². The Labute approximate surface area is 118 Å². The van der Waals surface area contributed by atoms with Crippen molar-refractivity contribution in [2.24, 2.45) is 0 Å². The van der Waals surface area contributed by atoms with Crippen molar-refractivity contribution in [1.82, 2.24) is 4.98 Å². The number of hydrogen-bond acceptors (Lipinski definition) is 3. The third-order valence-corrected chi connectivity index (χ3v) is 4.44. The van der Waals surface area contributed by atoms with Crippen molar-refractivity contribution in [2.75, 3.05) is 0 Å². The number of halogens is 1. The van der Waals surface area contributed by atoms with Gasteiger partial charge in [-0.15, -0.1) is 11.3 Å². The number of nitrogens with zero attached hydrogens (tertiary/aromatic N) is 1. The second-order valence-electron chi connectivity index (χ2n) is 4.21. The summed E-state index contributed by atoms with van der Waals surface area (Å²) in [6, 6.07) is 9.60. The summed E-state index contributed by atoms with van der Waals surface area (Å²) in [4.78, 5) is 4.51. The van der Waals surface area contributed by atoms with Crippen LogP contribution in [0.4, 0.5) is 0 Å². The lowest BCUT2D eigenvalue weighted by Crippen LogP contribution is -2.22. The van der Waals surface area contributed by atoms with Gasteiger partial charge in [-0.25, -0.2) is 4.98 Å². The molecule has 0 saturated carbocycles. The van der Waals surface area contributed by atoms with E-state index < -0.39 is 0 Å². The second-order valence-corrected chi connectivity index (χ2v) is 5.62. The summed E-state index contributed by atoms with van der Waals surface area (Å²) in [5, 5.41) is 12.4. The van der Waals surface area contributed by atoms with Crippen LogP contribution in [0.1, 0.15) is 0 Å². The van der Waals surface area contributed by atoms with E-state index in [0.29, 0.717) is 16.0 Å². The van der Waals surface area contributed by atoms with Crippen LogP contribution in [-0.4, -0.2) is 10.1 Å². The van der Waals surface area contributed by atoms with Crippen molar-refractivity contribution in [3.05, 3.63) is 45.8 Å². The van der Waals surface area contributed by atoms with Gasteiger partial charge < -0.3 is 5.11 Å². The molecule has 94 valence electrons. The fraction of sp³-hybridized carbons (Fsp3) is 0. The van der Waals surface area contributed by atoms with Crippen molar-refractivity contribution < 1.29 is 5.11 Å². The summed E-state index contributed by atoms with van der Waals surface area (Å²) in [7, 11) is 0. The fourth-order valence-electron chi connectivity index (χ4n) is 1.88. The molecular weight excluding hydrogens is 278 g/mol. The number of aromatic nitrogens is 1. The Morgan fingerprint density at radius 3 is 2.68 bits per heavy atom. The molecule has 0 saturated heterocycles. The number of fused-ring (bicyclic) bond motifs is 1. The topological polar surface area (TPSA) is 33.1 Å². The zero-order valence-corrected chi connectivity index (χ0v) is 11.6. The number of phenolic OH excluding ortho intramolecular Hbond substituents is 1. The van der Waals surface area contributed by atoms with Gasteiger partial charge in [-0.1, -0.05) is 36.9 Å². The minimum absolute atomic E-state index is 0.0122. The Balaban J connectivity index is 2.33. The lowest BCUT2D eigenvalue weighted by Gasteiger charge is -2.04. The van der Waals surface area contributed by atoms with Gasteiger partial charge in [-0.3, -0.25) is 0 Å². The van der Waals surface area contributed by atoms with Gasteiger partial charge >= 0.3 is 0 Å². The van der Waals surface area contributed by atoms with Crippen LogP contribution in [0.25, 0.3) is 33.9 Å². The number of rotatable bonds is 1. The number of benzene rings is 2. The molecule has 1 N–H and O–H groups in total. The van der Waals surface area contributed by atoms with Crippen LogP contribution in [0.15, 0.2) is 30.3 Å². The lowest BCUT2D eigenvalue weighted by molar-refractivity contribution is 0.477. The minimum Gasteiger partial charge on any atom is -0.506 e. The van der Waals surface area contributed by atoms with Crippen LogP contribution >= 0.6 is 22.9 Å². The molecule has 19 heavy (non-hydrogen) atoms. The van der Waals surface area contributed by atoms with E-state index in [9.17, 15) is 5.11 Å². The van der Waals surface area contributed by atoms with Gasteiger partial charge in [-0.2, -0.15) is 0 Å². The number of hydrogen-bond donors (Lipinski definition) is 1. The van der Waals surface area contributed by atoms with E-state index in [4.69, 9.17) is 11.6 Å². The predicted octanol–water partition coefficient (Wildman–Crippen LogP) is 3.14. The molecule has 3 rings (SSSR count). The maximum atomic E-state index is 10.1. The van der Waals surface area contributed by atoms with Crippen LogP contribution < -0.4 is 10.4 Å². The Kier molecular flexibility index (Phi) is 2.81. The first kappa shape index (κ1) is 12.2. The highest BCUT2D eigenvalue weighted by Crippen LogP contribution is 2.36. The Morgan fingerprint density at radius 1 is 1.21 bits per heavy atom. The summed E-state index contributed by atoms with van der Waals surface area (Å²) >= 11 is 7.57. The molecule has 0 amide bonds. The molecule has 1 aromatic heterocycles. The van der Waals surface area contributed by atoms with Gasteiger partial charge in [0.1, 0.15) is 10.8 Å². The molecule has 0 aliphatic rings. The highest BCUT2D eigenvalue weighted by Gasteiger charge is 2.13. The molecule has 2 nitrogen and oxygen atoms in total. The molecule has 0 spiro atoms. The molecule has 2 aromatic carbocycles. The normalized spacial score (nSPS) is 11.0. The Morgan fingerprint density at radius 2 is 1.95 bits per heavy atom. The van der Waals surface area contributed by atoms with E-state index >= 15 is 0 Å². The average Bonchev–Trinajstić information content (AvgIpc) is 2.84. The monoisotopic (exact) mass is 287 g/mol. The quantitative estimate of drug-likeness (QED) is 0.746. The molecule has 0 atom stereocenters. The van der Waals surface area contributed by atoms with Gasteiger partial charge in [0.2, 0.25) is 0 Å². The smallest absolute Gasteiger partial charge is 0.145 e. The average molecular weight is 288 g/mol. The fourth-order valence-corrected chi connectivity index (χ4v) is 3.09. The van der Waals surface area contributed by atoms with Crippen molar-refractivity contribution >= 4 is 46.3 Å². The molecule has 0 aliphatic carbocycles. The summed E-state index contributed by atoms with van der Waals surface area (Å²) in [5.74, 6) is 0.0122. The predicted molar refractivity (Wildman–Crippen MR) is 82.0 cm³/mol. The van der Waals surface area contributed by atoms with Crippen LogP contribution in [0.2, 0.25) is 5.02 Å². The first-order valence-corrected chi connectivity index (χ1v) is 6.82. The highest BCUT2D eigenvalue weighted by atomic mass is 35.5. The van der Waals surface area contributed by atoms with Crippen LogP contribution in [0, 0.1) is 0 Å². The number of phenols is 1. The van der Waals surface area contributed by atoms with Gasteiger partial charge in [0.25, 0.3) is 0 Å². The van der Waals surface area contributed by atoms with E-state index in [1.165, 1.54) is 11.3 Å². The molecule has 0 aliphatic heterocycles. The van der Waals surface area contributed by atoms with Crippen LogP contribution in [-0.2, 0) is 0 Å². The lowest BCUT2D eigenvalue weighted by atomic mass is 10.1. The SMILES string of the molecule is C=c1cc(-c2nc3ccccc3s2)c(O)c(Cl)c1=C. The molecular formula is C15H10ClNOS. The number of para-hydroxylation sites is 1. The summed E-state index contributed by atoms with van der Waals surface area (Å²) < 4.78 is 1.07. The van der Waals surface area contributed by atoms with Crippen molar-refractivity contribution in [2.45, 2.75) is 0 Å². The molecule has 4 heteroatoms. The van der Waals surface area contributed by atoms with Gasteiger partial charge in [0.15, 0.2) is 0 Å². The van der Waals surface area contributed by atoms with E-state index in [2.05, 4.69) is 18.1 Å². The zero-order valence-electron chi connectivity index (χ0n) is 9.98. The molecule has 0 fully saturated rings. The van der Waals surface area contributed by atoms with E-state index in [0.717, 1.165) is 15.2 Å². The van der Waals surface area contributed by atoms with E-state index in [1.807, 2.05) is 24.3 Å². The molecule has 3 aromatic rings. The summed E-state index contributed by atoms with van der Waals surface area (Å²) in [5.41, 5.74) is 1.51. The van der Waals surface area contributed by atoms with Gasteiger partial charge in [-0.05, 0) is 28.6 Å². The van der Waals surface area contributed by atoms with Crippen LogP contribution in [0.5, 0.6) is 5.75 Å². The standard InChI is InChI=1S/C15H10ClNOS/c1-8-7-10(14(18)13(16)9(8)2)15-17-11-5-3-4-6-12(11)19-15/h3-7,18H,1-2H2. The minimum atomic E-state index is 0.0122. The number of thiazole rings is 1. The zero-order chi connectivity index (χ0) is 13.6. The maximum absolute atomic E-state index is 10.1. The Hall–Kier alpha value is -1.84. The van der Waals surface area contributed by atoms with Crippen molar-refractivity contribution in [3.8, 4) is 16.3 Å². The first-order chi connectivity index (χ1) is 9.08. The first-order valence-electron chi connectivity index (χ1n) is 5.63. The number of aromatic hydroxyl groups is 1. The molecule has 0 radical (unpaired) electrons. The molecule has 1 heterocycles. The maximum Gasteiger partial charge on any atom is 0.145 e. The Bertz CT molecular complexity index is 852. The van der Waals surface area contributed by atoms with Crippen molar-refractivity contribution in [1.29, 1.82) is 0 Å². The van der Waals surface area contributed by atoms with Crippen molar-refractivity contribution in [3.63, 3.8) is 0 Å². The third kappa shape index (κ3) is 1.91. The van der Waals surface area contributed by atoms with Gasteiger partial charge in [0, 0.05) is 0 Å².